The number of hydrogen-bond acceptors (Lipinski definition) is 3. The molecule has 5 nitrogen and oxygen atoms in total. The van der Waals surface area contributed by atoms with Gasteiger partial charge in [0.15, 0.2) is 0 Å². The number of piperidine rings is 1. The Morgan fingerprint density at radius 2 is 2.00 bits per heavy atom. The third-order valence-corrected chi connectivity index (χ3v) is 4.93. The molecule has 94 valence electrons. The van der Waals surface area contributed by atoms with E-state index < -0.39 is 10.2 Å². The summed E-state index contributed by atoms with van der Waals surface area (Å²) >= 11 is 0. The van der Waals surface area contributed by atoms with Gasteiger partial charge in [0, 0.05) is 19.6 Å². The van der Waals surface area contributed by atoms with Crippen molar-refractivity contribution in [3.63, 3.8) is 0 Å². The van der Waals surface area contributed by atoms with Gasteiger partial charge in [-0.3, -0.25) is 0 Å². The van der Waals surface area contributed by atoms with Gasteiger partial charge in [-0.1, -0.05) is 0 Å². The number of nitrogens with zero attached hydrogens (tertiary/aromatic N) is 1. The Hall–Kier alpha value is -0.170. The molecule has 0 aromatic carbocycles. The molecule has 2 heterocycles. The van der Waals surface area contributed by atoms with E-state index in [0.717, 1.165) is 38.8 Å². The van der Waals surface area contributed by atoms with Crippen molar-refractivity contribution < 1.29 is 8.42 Å². The average molecular weight is 247 g/mol. The van der Waals surface area contributed by atoms with Crippen molar-refractivity contribution in [3.8, 4) is 0 Å². The van der Waals surface area contributed by atoms with E-state index in [1.165, 1.54) is 0 Å². The first-order valence-electron chi connectivity index (χ1n) is 6.14. The molecule has 0 spiro atoms. The van der Waals surface area contributed by atoms with Gasteiger partial charge in [0.05, 0.1) is 0 Å². The van der Waals surface area contributed by atoms with Gasteiger partial charge >= 0.3 is 0 Å². The van der Waals surface area contributed by atoms with Crippen molar-refractivity contribution in [2.45, 2.75) is 25.7 Å². The third kappa shape index (κ3) is 3.16. The standard InChI is InChI=1S/C10H21N3O2S/c14-16(15,13-6-1-2-7-13)12-9-10-4-3-5-11-8-10/h10-12H,1-9H2. The molecule has 1 unspecified atom stereocenters. The molecular weight excluding hydrogens is 226 g/mol. The van der Waals surface area contributed by atoms with Crippen LogP contribution in [0.15, 0.2) is 0 Å². The maximum atomic E-state index is 11.9. The van der Waals surface area contributed by atoms with Gasteiger partial charge < -0.3 is 5.32 Å². The Bertz CT molecular complexity index is 306. The number of nitrogens with one attached hydrogen (secondary N) is 2. The van der Waals surface area contributed by atoms with Crippen molar-refractivity contribution in [1.29, 1.82) is 0 Å². The smallest absolute Gasteiger partial charge is 0.279 e. The van der Waals surface area contributed by atoms with E-state index >= 15 is 0 Å². The normalized spacial score (nSPS) is 28.4. The molecule has 1 atom stereocenters. The van der Waals surface area contributed by atoms with E-state index in [2.05, 4.69) is 10.0 Å². The zero-order valence-corrected chi connectivity index (χ0v) is 10.4. The Labute approximate surface area is 97.8 Å². The molecule has 16 heavy (non-hydrogen) atoms. The second-order valence-electron chi connectivity index (χ2n) is 4.67. The largest absolute Gasteiger partial charge is 0.316 e. The van der Waals surface area contributed by atoms with E-state index in [1.54, 1.807) is 4.31 Å². The van der Waals surface area contributed by atoms with E-state index in [4.69, 9.17) is 0 Å². The zero-order valence-electron chi connectivity index (χ0n) is 9.61. The molecule has 0 aliphatic carbocycles. The molecule has 2 fully saturated rings. The highest BCUT2D eigenvalue weighted by molar-refractivity contribution is 7.87. The van der Waals surface area contributed by atoms with Crippen molar-refractivity contribution in [1.82, 2.24) is 14.3 Å². The molecular formula is C10H21N3O2S. The van der Waals surface area contributed by atoms with Crippen LogP contribution in [0.3, 0.4) is 0 Å². The van der Waals surface area contributed by atoms with Gasteiger partial charge in [-0.2, -0.15) is 12.7 Å². The first kappa shape index (κ1) is 12.3. The van der Waals surface area contributed by atoms with Crippen LogP contribution < -0.4 is 10.0 Å². The maximum absolute atomic E-state index is 11.9. The molecule has 0 aromatic rings. The van der Waals surface area contributed by atoms with E-state index in [9.17, 15) is 8.42 Å². The Morgan fingerprint density at radius 3 is 2.62 bits per heavy atom. The minimum atomic E-state index is -3.20. The summed E-state index contributed by atoms with van der Waals surface area (Å²) in [5, 5.41) is 3.29. The lowest BCUT2D eigenvalue weighted by atomic mass is 10.0. The van der Waals surface area contributed by atoms with Crippen molar-refractivity contribution in [3.05, 3.63) is 0 Å². The van der Waals surface area contributed by atoms with E-state index in [-0.39, 0.29) is 0 Å². The Balaban J connectivity index is 1.79. The van der Waals surface area contributed by atoms with Gasteiger partial charge in [-0.15, -0.1) is 0 Å². The van der Waals surface area contributed by atoms with Crippen molar-refractivity contribution in [2.75, 3.05) is 32.7 Å². The fourth-order valence-corrected chi connectivity index (χ4v) is 3.71. The number of hydrogen-bond donors (Lipinski definition) is 2. The average Bonchev–Trinajstić information content (AvgIpc) is 2.82. The van der Waals surface area contributed by atoms with Gasteiger partial charge in [-0.05, 0) is 44.7 Å². The fraction of sp³-hybridized carbons (Fsp3) is 1.00. The Morgan fingerprint density at radius 1 is 1.25 bits per heavy atom. The summed E-state index contributed by atoms with van der Waals surface area (Å²) in [4.78, 5) is 0. The highest BCUT2D eigenvalue weighted by atomic mass is 32.2. The quantitative estimate of drug-likeness (QED) is 0.730. The minimum absolute atomic E-state index is 0.450. The Kier molecular flexibility index (Phi) is 4.18. The number of rotatable bonds is 4. The molecule has 2 aliphatic rings. The molecule has 0 bridgehead atoms. The monoisotopic (exact) mass is 247 g/mol. The molecule has 6 heteroatoms. The molecule has 0 saturated carbocycles. The fourth-order valence-electron chi connectivity index (χ4n) is 2.34. The minimum Gasteiger partial charge on any atom is -0.316 e. The SMILES string of the molecule is O=S(=O)(NCC1CCCNC1)N1CCCC1. The molecule has 0 radical (unpaired) electrons. The highest BCUT2D eigenvalue weighted by Gasteiger charge is 2.25. The lowest BCUT2D eigenvalue weighted by Crippen LogP contribution is -2.43. The van der Waals surface area contributed by atoms with E-state index in [0.29, 0.717) is 25.6 Å². The van der Waals surface area contributed by atoms with Crippen LogP contribution in [0, 0.1) is 5.92 Å². The van der Waals surface area contributed by atoms with Gasteiger partial charge in [0.25, 0.3) is 10.2 Å². The second kappa shape index (κ2) is 5.44. The predicted molar refractivity (Wildman–Crippen MR) is 63.3 cm³/mol. The molecule has 2 aliphatic heterocycles. The first-order valence-corrected chi connectivity index (χ1v) is 7.58. The van der Waals surface area contributed by atoms with Crippen LogP contribution >= 0.6 is 0 Å². The van der Waals surface area contributed by atoms with Crippen LogP contribution in [-0.2, 0) is 10.2 Å². The first-order chi connectivity index (χ1) is 7.68. The van der Waals surface area contributed by atoms with Crippen LogP contribution in [0.25, 0.3) is 0 Å². The van der Waals surface area contributed by atoms with Crippen molar-refractivity contribution in [2.24, 2.45) is 5.92 Å². The van der Waals surface area contributed by atoms with Gasteiger partial charge in [-0.25, -0.2) is 4.72 Å². The summed E-state index contributed by atoms with van der Waals surface area (Å²) < 4.78 is 28.0. The van der Waals surface area contributed by atoms with Gasteiger partial charge in [0.1, 0.15) is 0 Å². The summed E-state index contributed by atoms with van der Waals surface area (Å²) in [5.74, 6) is 0.450. The maximum Gasteiger partial charge on any atom is 0.279 e. The summed E-state index contributed by atoms with van der Waals surface area (Å²) in [7, 11) is -3.20. The molecule has 0 amide bonds. The van der Waals surface area contributed by atoms with Crippen LogP contribution in [0.4, 0.5) is 0 Å². The molecule has 2 rings (SSSR count). The summed E-state index contributed by atoms with van der Waals surface area (Å²) in [6.07, 6.45) is 4.25. The van der Waals surface area contributed by atoms with Crippen LogP contribution in [0.1, 0.15) is 25.7 Å². The summed E-state index contributed by atoms with van der Waals surface area (Å²) in [5.41, 5.74) is 0. The van der Waals surface area contributed by atoms with E-state index in [1.807, 2.05) is 0 Å². The molecule has 0 aromatic heterocycles. The summed E-state index contributed by atoms with van der Waals surface area (Å²) in [6, 6.07) is 0. The lowest BCUT2D eigenvalue weighted by Gasteiger charge is -2.24. The molecule has 2 saturated heterocycles. The second-order valence-corrected chi connectivity index (χ2v) is 6.43. The highest BCUT2D eigenvalue weighted by Crippen LogP contribution is 2.13. The topological polar surface area (TPSA) is 61.4 Å². The van der Waals surface area contributed by atoms with Crippen LogP contribution in [0.2, 0.25) is 0 Å². The predicted octanol–water partition coefficient (Wildman–Crippen LogP) is -0.0838. The van der Waals surface area contributed by atoms with Crippen LogP contribution in [0.5, 0.6) is 0 Å². The van der Waals surface area contributed by atoms with Crippen LogP contribution in [-0.4, -0.2) is 45.4 Å². The third-order valence-electron chi connectivity index (χ3n) is 3.36. The van der Waals surface area contributed by atoms with Crippen molar-refractivity contribution >= 4 is 10.2 Å². The lowest BCUT2D eigenvalue weighted by molar-refractivity contribution is 0.370. The summed E-state index contributed by atoms with van der Waals surface area (Å²) in [6.45, 7) is 3.93. The van der Waals surface area contributed by atoms with Gasteiger partial charge in [0.2, 0.25) is 0 Å². The zero-order chi connectivity index (χ0) is 11.4. The molecule has 2 N–H and O–H groups in total.